The number of aromatic nitrogens is 1. The highest BCUT2D eigenvalue weighted by Gasteiger charge is 2.33. The van der Waals surface area contributed by atoms with Crippen LogP contribution in [0.1, 0.15) is 11.3 Å². The van der Waals surface area contributed by atoms with Crippen molar-refractivity contribution < 1.29 is 17.9 Å². The largest absolute Gasteiger partial charge is 0.439 e. The minimum absolute atomic E-state index is 0.0249. The van der Waals surface area contributed by atoms with E-state index in [0.29, 0.717) is 11.3 Å². The summed E-state index contributed by atoms with van der Waals surface area (Å²) in [7, 11) is 0. The van der Waals surface area contributed by atoms with E-state index in [0.717, 1.165) is 6.07 Å². The van der Waals surface area contributed by atoms with Gasteiger partial charge in [0.05, 0.1) is 0 Å². The summed E-state index contributed by atoms with van der Waals surface area (Å²) in [6, 6.07) is 11.5. The quantitative estimate of drug-likeness (QED) is 0.929. The fraction of sp³-hybridized carbons (Fsp3) is 0.154. The van der Waals surface area contributed by atoms with Gasteiger partial charge in [-0.15, -0.1) is 0 Å². The second-order valence-electron chi connectivity index (χ2n) is 3.74. The van der Waals surface area contributed by atoms with E-state index in [9.17, 15) is 13.2 Å². The van der Waals surface area contributed by atoms with Crippen molar-refractivity contribution in [1.29, 1.82) is 0 Å². The third-order valence-corrected chi connectivity index (χ3v) is 2.29. The van der Waals surface area contributed by atoms with E-state index in [1.807, 2.05) is 0 Å². The number of alkyl halides is 3. The van der Waals surface area contributed by atoms with Gasteiger partial charge in [0.15, 0.2) is 0 Å². The van der Waals surface area contributed by atoms with Gasteiger partial charge >= 0.3 is 6.18 Å². The van der Waals surface area contributed by atoms with Crippen molar-refractivity contribution in [2.45, 2.75) is 12.7 Å². The number of nitrogens with zero attached hydrogens (tertiary/aromatic N) is 1. The topological polar surface area (TPSA) is 48.1 Å². The average molecular weight is 267 g/mol. The standard InChI is InChI=1S/C13H10F3N2O/c14-13(15,16)11-6-9(8-17)7-12(18-11)19-10-4-2-1-3-5-10/h1-2,4-7H,8,17H2. The Morgan fingerprint density at radius 1 is 1.32 bits per heavy atom. The zero-order valence-corrected chi connectivity index (χ0v) is 9.74. The van der Waals surface area contributed by atoms with Gasteiger partial charge in [-0.1, -0.05) is 12.1 Å². The molecule has 0 saturated carbocycles. The molecule has 0 amide bonds. The summed E-state index contributed by atoms with van der Waals surface area (Å²) < 4.78 is 43.2. The lowest BCUT2D eigenvalue weighted by atomic mass is 10.2. The molecule has 99 valence electrons. The van der Waals surface area contributed by atoms with Crippen LogP contribution in [0.5, 0.6) is 11.6 Å². The molecule has 1 heterocycles. The maximum absolute atomic E-state index is 12.7. The zero-order chi connectivity index (χ0) is 13.9. The molecular formula is C13H10F3N2O. The molecule has 0 fully saturated rings. The average Bonchev–Trinajstić information content (AvgIpc) is 2.38. The van der Waals surface area contributed by atoms with Crippen molar-refractivity contribution in [3.8, 4) is 11.6 Å². The SMILES string of the molecule is NCc1cc(Oc2c[c]ccc2)nc(C(F)(F)F)c1. The number of hydrogen-bond donors (Lipinski definition) is 1. The first-order valence-electron chi connectivity index (χ1n) is 5.41. The minimum atomic E-state index is -4.54. The number of nitrogens with two attached hydrogens (primary N) is 1. The van der Waals surface area contributed by atoms with Crippen LogP contribution < -0.4 is 10.5 Å². The molecule has 0 spiro atoms. The van der Waals surface area contributed by atoms with Gasteiger partial charge in [-0.2, -0.15) is 13.2 Å². The van der Waals surface area contributed by atoms with Gasteiger partial charge in [0.1, 0.15) is 11.4 Å². The summed E-state index contributed by atoms with van der Waals surface area (Å²) in [5, 5.41) is 0. The number of benzene rings is 1. The van der Waals surface area contributed by atoms with Gasteiger partial charge < -0.3 is 10.5 Å². The molecule has 6 heteroatoms. The molecule has 0 saturated heterocycles. The van der Waals surface area contributed by atoms with Crippen LogP contribution in [-0.2, 0) is 12.7 Å². The van der Waals surface area contributed by atoms with E-state index in [2.05, 4.69) is 11.1 Å². The minimum Gasteiger partial charge on any atom is -0.439 e. The molecule has 1 aromatic carbocycles. The smallest absolute Gasteiger partial charge is 0.433 e. The van der Waals surface area contributed by atoms with E-state index in [1.54, 1.807) is 18.2 Å². The third-order valence-electron chi connectivity index (χ3n) is 2.29. The molecule has 0 bridgehead atoms. The Balaban J connectivity index is 2.35. The Labute approximate surface area is 107 Å². The number of hydrogen-bond acceptors (Lipinski definition) is 3. The Kier molecular flexibility index (Phi) is 3.71. The van der Waals surface area contributed by atoms with Crippen LogP contribution in [-0.4, -0.2) is 4.98 Å². The lowest BCUT2D eigenvalue weighted by molar-refractivity contribution is -0.141. The highest BCUT2D eigenvalue weighted by atomic mass is 19.4. The molecule has 0 atom stereocenters. The summed E-state index contributed by atoms with van der Waals surface area (Å²) in [6.45, 7) is -0.0249. The Bertz CT molecular complexity index is 556. The number of pyridine rings is 1. The lowest BCUT2D eigenvalue weighted by Crippen LogP contribution is -2.10. The third kappa shape index (κ3) is 3.45. The molecule has 19 heavy (non-hydrogen) atoms. The molecule has 0 aliphatic rings. The highest BCUT2D eigenvalue weighted by molar-refractivity contribution is 5.31. The highest BCUT2D eigenvalue weighted by Crippen LogP contribution is 2.31. The van der Waals surface area contributed by atoms with Crippen molar-refractivity contribution in [3.63, 3.8) is 0 Å². The predicted octanol–water partition coefficient (Wildman–Crippen LogP) is 3.15. The molecule has 2 N–H and O–H groups in total. The van der Waals surface area contributed by atoms with Crippen LogP contribution in [0.4, 0.5) is 13.2 Å². The van der Waals surface area contributed by atoms with E-state index in [4.69, 9.17) is 10.5 Å². The van der Waals surface area contributed by atoms with Crippen LogP contribution >= 0.6 is 0 Å². The molecule has 2 aromatic rings. The van der Waals surface area contributed by atoms with E-state index in [1.165, 1.54) is 12.1 Å². The first-order chi connectivity index (χ1) is 8.99. The van der Waals surface area contributed by atoms with Crippen LogP contribution in [0.3, 0.4) is 0 Å². The van der Waals surface area contributed by atoms with Gasteiger partial charge in [0, 0.05) is 12.6 Å². The lowest BCUT2D eigenvalue weighted by Gasteiger charge is -2.11. The van der Waals surface area contributed by atoms with Gasteiger partial charge in [0.2, 0.25) is 5.88 Å². The summed E-state index contributed by atoms with van der Waals surface area (Å²) in [5.74, 6) is 0.215. The van der Waals surface area contributed by atoms with Gasteiger partial charge in [0.25, 0.3) is 0 Å². The van der Waals surface area contributed by atoms with E-state index in [-0.39, 0.29) is 12.4 Å². The molecule has 1 radical (unpaired) electrons. The number of ether oxygens (including phenoxy) is 1. The normalized spacial score (nSPS) is 11.4. The van der Waals surface area contributed by atoms with Crippen molar-refractivity contribution in [1.82, 2.24) is 4.98 Å². The van der Waals surface area contributed by atoms with Gasteiger partial charge in [-0.05, 0) is 29.8 Å². The molecule has 0 unspecified atom stereocenters. The summed E-state index contributed by atoms with van der Waals surface area (Å²) in [5.41, 5.74) is 4.65. The fourth-order valence-electron chi connectivity index (χ4n) is 1.44. The number of rotatable bonds is 3. The summed E-state index contributed by atoms with van der Waals surface area (Å²) >= 11 is 0. The molecule has 3 nitrogen and oxygen atoms in total. The summed E-state index contributed by atoms with van der Waals surface area (Å²) in [4.78, 5) is 3.43. The van der Waals surface area contributed by atoms with Gasteiger partial charge in [-0.3, -0.25) is 0 Å². The maximum atomic E-state index is 12.7. The van der Waals surface area contributed by atoms with Gasteiger partial charge in [-0.25, -0.2) is 4.98 Å². The Morgan fingerprint density at radius 3 is 2.68 bits per heavy atom. The van der Waals surface area contributed by atoms with E-state index >= 15 is 0 Å². The second kappa shape index (κ2) is 5.27. The zero-order valence-electron chi connectivity index (χ0n) is 9.74. The second-order valence-corrected chi connectivity index (χ2v) is 3.74. The molecule has 0 aliphatic carbocycles. The van der Waals surface area contributed by atoms with E-state index < -0.39 is 11.9 Å². The van der Waals surface area contributed by atoms with Crippen LogP contribution in [0, 0.1) is 6.07 Å². The number of halogens is 3. The summed E-state index contributed by atoms with van der Waals surface area (Å²) in [6.07, 6.45) is -4.54. The van der Waals surface area contributed by atoms with Crippen molar-refractivity contribution >= 4 is 0 Å². The molecular weight excluding hydrogens is 257 g/mol. The van der Waals surface area contributed by atoms with Crippen molar-refractivity contribution in [3.05, 3.63) is 53.7 Å². The molecule has 0 aliphatic heterocycles. The first kappa shape index (κ1) is 13.4. The molecule has 1 aromatic heterocycles. The monoisotopic (exact) mass is 267 g/mol. The Morgan fingerprint density at radius 2 is 2.11 bits per heavy atom. The van der Waals surface area contributed by atoms with Crippen LogP contribution in [0.25, 0.3) is 0 Å². The Hall–Kier alpha value is -2.08. The van der Waals surface area contributed by atoms with Crippen molar-refractivity contribution in [2.75, 3.05) is 0 Å². The molecule has 2 rings (SSSR count). The predicted molar refractivity (Wildman–Crippen MR) is 62.5 cm³/mol. The first-order valence-corrected chi connectivity index (χ1v) is 5.41. The maximum Gasteiger partial charge on any atom is 0.433 e. The van der Waals surface area contributed by atoms with Crippen LogP contribution in [0.2, 0.25) is 0 Å². The van der Waals surface area contributed by atoms with Crippen LogP contribution in [0.15, 0.2) is 36.4 Å². The van der Waals surface area contributed by atoms with Crippen molar-refractivity contribution in [2.24, 2.45) is 5.73 Å². The fourth-order valence-corrected chi connectivity index (χ4v) is 1.44.